The zero-order chi connectivity index (χ0) is 9.26. The molecule has 1 amide bonds. The highest BCUT2D eigenvalue weighted by atomic mass is 16.3. The zero-order valence-electron chi connectivity index (χ0n) is 7.69. The van der Waals surface area contributed by atoms with E-state index in [4.69, 9.17) is 4.42 Å². The zero-order valence-corrected chi connectivity index (χ0v) is 7.69. The van der Waals surface area contributed by atoms with Gasteiger partial charge in [0, 0.05) is 13.1 Å². The van der Waals surface area contributed by atoms with E-state index in [-0.39, 0.29) is 5.91 Å². The topological polar surface area (TPSA) is 33.5 Å². The highest BCUT2D eigenvalue weighted by Gasteiger charge is 2.24. The first-order valence-electron chi connectivity index (χ1n) is 4.59. The van der Waals surface area contributed by atoms with E-state index in [1.54, 1.807) is 6.07 Å². The van der Waals surface area contributed by atoms with Crippen molar-refractivity contribution in [2.45, 2.75) is 13.3 Å². The van der Waals surface area contributed by atoms with Gasteiger partial charge in [-0.25, -0.2) is 0 Å². The van der Waals surface area contributed by atoms with Crippen LogP contribution < -0.4 is 0 Å². The minimum atomic E-state index is 0.0955. The lowest BCUT2D eigenvalue weighted by Crippen LogP contribution is -2.27. The second-order valence-corrected chi connectivity index (χ2v) is 3.66. The van der Waals surface area contributed by atoms with Crippen molar-refractivity contribution >= 4 is 5.91 Å². The summed E-state index contributed by atoms with van der Waals surface area (Å²) in [6.07, 6.45) is 4.15. The summed E-state index contributed by atoms with van der Waals surface area (Å²) in [6, 6.07) is 1.71. The molecule has 0 bridgehead atoms. The molecule has 0 aromatic carbocycles. The number of nitrogens with zero attached hydrogens (tertiary/aromatic N) is 1. The van der Waals surface area contributed by atoms with Gasteiger partial charge in [0.05, 0.1) is 11.8 Å². The van der Waals surface area contributed by atoms with Crippen molar-refractivity contribution < 1.29 is 9.21 Å². The molecule has 0 radical (unpaired) electrons. The maximum atomic E-state index is 11.7. The Morgan fingerprint density at radius 3 is 3.08 bits per heavy atom. The Morgan fingerprint density at radius 2 is 2.54 bits per heavy atom. The molecule has 1 aromatic heterocycles. The van der Waals surface area contributed by atoms with E-state index in [2.05, 4.69) is 6.92 Å². The molecule has 3 nitrogen and oxygen atoms in total. The largest absolute Gasteiger partial charge is 0.472 e. The van der Waals surface area contributed by atoms with E-state index in [1.807, 2.05) is 4.90 Å². The van der Waals surface area contributed by atoms with Crippen LogP contribution in [0.5, 0.6) is 0 Å². The first kappa shape index (κ1) is 8.35. The average Bonchev–Trinajstić information content (AvgIpc) is 2.72. The molecule has 0 aliphatic carbocycles. The van der Waals surface area contributed by atoms with Crippen molar-refractivity contribution in [1.29, 1.82) is 0 Å². The lowest BCUT2D eigenvalue weighted by Gasteiger charge is -2.13. The molecule has 0 spiro atoms. The van der Waals surface area contributed by atoms with Crippen molar-refractivity contribution in [3.63, 3.8) is 0 Å². The number of amides is 1. The van der Waals surface area contributed by atoms with E-state index < -0.39 is 0 Å². The molecule has 1 saturated heterocycles. The van der Waals surface area contributed by atoms with Gasteiger partial charge in [-0.1, -0.05) is 6.92 Å². The van der Waals surface area contributed by atoms with Crippen LogP contribution in [0.4, 0.5) is 0 Å². The molecule has 1 aromatic rings. The van der Waals surface area contributed by atoms with Gasteiger partial charge in [-0.2, -0.15) is 0 Å². The summed E-state index contributed by atoms with van der Waals surface area (Å²) in [5.41, 5.74) is 0.661. The van der Waals surface area contributed by atoms with Crippen LogP contribution in [0.1, 0.15) is 23.7 Å². The van der Waals surface area contributed by atoms with Gasteiger partial charge in [-0.05, 0) is 18.4 Å². The maximum absolute atomic E-state index is 11.7. The number of carbonyl (C=O) groups excluding carboxylic acids is 1. The second-order valence-electron chi connectivity index (χ2n) is 3.66. The average molecular weight is 179 g/mol. The number of likely N-dealkylation sites (tertiary alicyclic amines) is 1. The SMILES string of the molecule is CC1CCN(C(=O)c2ccoc2)C1. The predicted molar refractivity (Wildman–Crippen MR) is 48.4 cm³/mol. The van der Waals surface area contributed by atoms with Gasteiger partial charge >= 0.3 is 0 Å². The first-order valence-corrected chi connectivity index (χ1v) is 4.59. The summed E-state index contributed by atoms with van der Waals surface area (Å²) in [6.45, 7) is 3.93. The minimum Gasteiger partial charge on any atom is -0.472 e. The molecule has 2 rings (SSSR count). The third-order valence-corrected chi connectivity index (χ3v) is 2.48. The van der Waals surface area contributed by atoms with Gasteiger partial charge in [0.15, 0.2) is 0 Å². The summed E-state index contributed by atoms with van der Waals surface area (Å²) >= 11 is 0. The van der Waals surface area contributed by atoms with E-state index in [9.17, 15) is 4.79 Å². The van der Waals surface area contributed by atoms with Gasteiger partial charge in [0.2, 0.25) is 0 Å². The van der Waals surface area contributed by atoms with E-state index in [0.717, 1.165) is 19.5 Å². The van der Waals surface area contributed by atoms with Gasteiger partial charge < -0.3 is 9.32 Å². The van der Waals surface area contributed by atoms with Crippen LogP contribution in [0, 0.1) is 5.92 Å². The summed E-state index contributed by atoms with van der Waals surface area (Å²) in [5, 5.41) is 0. The van der Waals surface area contributed by atoms with Crippen LogP contribution in [-0.4, -0.2) is 23.9 Å². The molecule has 0 saturated carbocycles. The summed E-state index contributed by atoms with van der Waals surface area (Å²) in [5.74, 6) is 0.731. The summed E-state index contributed by atoms with van der Waals surface area (Å²) in [4.78, 5) is 13.6. The Morgan fingerprint density at radius 1 is 1.69 bits per heavy atom. The van der Waals surface area contributed by atoms with E-state index >= 15 is 0 Å². The Kier molecular flexibility index (Phi) is 2.08. The van der Waals surface area contributed by atoms with Crippen LogP contribution in [0.25, 0.3) is 0 Å². The van der Waals surface area contributed by atoms with Crippen LogP contribution in [0.2, 0.25) is 0 Å². The van der Waals surface area contributed by atoms with Crippen molar-refractivity contribution in [2.75, 3.05) is 13.1 Å². The number of furan rings is 1. The van der Waals surface area contributed by atoms with Crippen molar-refractivity contribution in [3.8, 4) is 0 Å². The standard InChI is InChI=1S/C10H13NO2/c1-8-2-4-11(6-8)10(12)9-3-5-13-7-9/h3,5,7-8H,2,4,6H2,1H3. The molecule has 2 heterocycles. The molecular weight excluding hydrogens is 166 g/mol. The second kappa shape index (κ2) is 3.24. The van der Waals surface area contributed by atoms with Crippen LogP contribution in [0.3, 0.4) is 0 Å². The highest BCUT2D eigenvalue weighted by Crippen LogP contribution is 2.17. The van der Waals surface area contributed by atoms with Gasteiger partial charge in [0.1, 0.15) is 6.26 Å². The molecule has 3 heteroatoms. The van der Waals surface area contributed by atoms with Gasteiger partial charge in [0.25, 0.3) is 5.91 Å². The lowest BCUT2D eigenvalue weighted by atomic mass is 10.2. The maximum Gasteiger partial charge on any atom is 0.257 e. The number of hydrogen-bond donors (Lipinski definition) is 0. The van der Waals surface area contributed by atoms with Crippen molar-refractivity contribution in [1.82, 2.24) is 4.90 Å². The molecule has 1 unspecified atom stereocenters. The minimum absolute atomic E-state index is 0.0955. The van der Waals surface area contributed by atoms with Crippen molar-refractivity contribution in [2.24, 2.45) is 5.92 Å². The van der Waals surface area contributed by atoms with E-state index in [0.29, 0.717) is 11.5 Å². The summed E-state index contributed by atoms with van der Waals surface area (Å²) < 4.78 is 4.87. The monoisotopic (exact) mass is 179 g/mol. The Hall–Kier alpha value is -1.25. The molecule has 1 fully saturated rings. The molecule has 70 valence electrons. The third-order valence-electron chi connectivity index (χ3n) is 2.48. The van der Waals surface area contributed by atoms with Gasteiger partial charge in [-0.15, -0.1) is 0 Å². The highest BCUT2D eigenvalue weighted by molar-refractivity contribution is 5.93. The predicted octanol–water partition coefficient (Wildman–Crippen LogP) is 1.76. The molecule has 0 N–H and O–H groups in total. The smallest absolute Gasteiger partial charge is 0.257 e. The fourth-order valence-corrected chi connectivity index (χ4v) is 1.69. The third kappa shape index (κ3) is 1.59. The van der Waals surface area contributed by atoms with Crippen LogP contribution >= 0.6 is 0 Å². The number of rotatable bonds is 1. The van der Waals surface area contributed by atoms with Crippen molar-refractivity contribution in [3.05, 3.63) is 24.2 Å². The molecular formula is C10H13NO2. The van der Waals surface area contributed by atoms with Gasteiger partial charge in [-0.3, -0.25) is 4.79 Å². The molecule has 1 atom stereocenters. The molecule has 1 aliphatic rings. The Bertz CT molecular complexity index is 292. The normalized spacial score (nSPS) is 22.2. The van der Waals surface area contributed by atoms with Crippen LogP contribution in [0.15, 0.2) is 23.0 Å². The van der Waals surface area contributed by atoms with E-state index in [1.165, 1.54) is 12.5 Å². The fraction of sp³-hybridized carbons (Fsp3) is 0.500. The first-order chi connectivity index (χ1) is 6.27. The molecule has 1 aliphatic heterocycles. The summed E-state index contributed by atoms with van der Waals surface area (Å²) in [7, 11) is 0. The fourth-order valence-electron chi connectivity index (χ4n) is 1.69. The number of carbonyl (C=O) groups is 1. The quantitative estimate of drug-likeness (QED) is 0.658. The molecule has 13 heavy (non-hydrogen) atoms. The van der Waals surface area contributed by atoms with Crippen LogP contribution in [-0.2, 0) is 0 Å². The Balaban J connectivity index is 2.06. The number of hydrogen-bond acceptors (Lipinski definition) is 2. The Labute approximate surface area is 77.3 Å². The lowest BCUT2D eigenvalue weighted by molar-refractivity contribution is 0.0787.